The van der Waals surface area contributed by atoms with Gasteiger partial charge in [-0.3, -0.25) is 53.4 Å². The molecule has 3 aliphatic heterocycles. The van der Waals surface area contributed by atoms with Crippen LogP contribution < -0.4 is 42.9 Å². The highest BCUT2D eigenvalue weighted by molar-refractivity contribution is 6.08. The number of pyridine rings is 10. The molecule has 0 spiro atoms. The molecule has 0 bridgehead atoms. The highest BCUT2D eigenvalue weighted by atomic mass is 16.2. The molecule has 6 N–H and O–H groups in total. The molecule has 22 heteroatoms. The van der Waals surface area contributed by atoms with Crippen LogP contribution in [0.15, 0.2) is 200 Å². The number of nitrogens with one attached hydrogen (secondary N) is 6. The molecule has 0 unspecified atom stereocenters. The number of hydrogen-bond acceptors (Lipinski definition) is 16. The quantitative estimate of drug-likeness (QED) is 0.0809. The lowest BCUT2D eigenvalue weighted by molar-refractivity contribution is -0.117. The average Bonchev–Trinajstić information content (AvgIpc) is 0.800. The minimum absolute atomic E-state index is 0.0400. The van der Waals surface area contributed by atoms with Crippen LogP contribution in [0.25, 0.3) is 109 Å². The maximum atomic E-state index is 12.3. The Morgan fingerprint density at radius 2 is 0.843 bits per heavy atom. The Morgan fingerprint density at radius 1 is 0.426 bits per heavy atom. The zero-order chi connectivity index (χ0) is 74.5. The average molecular weight is 1440 g/mol. The van der Waals surface area contributed by atoms with E-state index in [0.717, 1.165) is 184 Å². The lowest BCUT2D eigenvalue weighted by atomic mass is 10.1. The molecule has 0 atom stereocenters. The standard InChI is InChI=1S/C21H24N4O.C19H20N4O2.C19H22N4O.C14H12N2O.C13H10N2O/c26-21-17-8-4-3-7-16(17)20-18(22-21)9-10-19(23-20)25-13-11-24(12-14-25)15-5-1-2-6-15;24-17(12-23-10-4-1-5-11-23)21-16-9-8-15-18(22-16)13-6-2-3-7-14(13)19(25)20-15;1-13(2)22-9-11-23(12-10-22)17-8-7-16-18(21-17)14-5-3-4-6-15(14)19(24)20-16;1-8-9(2)15-7-12-10-5-3-4-6-11(10)14(17)16-13(8)12;1-8-6-12-11(7-14-8)9-4-2-3-5-10(9)13(16)15-12/h3-4,7-10,15H,1-2,5-6,11-14H2,(H,22,26);2-3,6-9H,1,4-5,10-12H2,(H,20,25)(H,21,22,24);3-8,13H,9-12H2,1-2H3,(H,20,24);3-7H,1-2H3,(H,16,17);2-7H,1H3,(H,15,16). The van der Waals surface area contributed by atoms with E-state index < -0.39 is 0 Å². The predicted molar refractivity (Wildman–Crippen MR) is 437 cm³/mol. The number of carbonyl (C=O) groups is 1. The summed E-state index contributed by atoms with van der Waals surface area (Å²) in [5.74, 6) is 2.46. The van der Waals surface area contributed by atoms with E-state index in [9.17, 15) is 28.8 Å². The van der Waals surface area contributed by atoms with Gasteiger partial charge in [0.2, 0.25) is 5.91 Å². The molecule has 19 rings (SSSR count). The maximum Gasteiger partial charge on any atom is 0.256 e. The van der Waals surface area contributed by atoms with Crippen LogP contribution in [0.2, 0.25) is 0 Å². The molecule has 13 heterocycles. The highest BCUT2D eigenvalue weighted by Gasteiger charge is 2.28. The van der Waals surface area contributed by atoms with Crippen molar-refractivity contribution >= 4 is 132 Å². The lowest BCUT2D eigenvalue weighted by Gasteiger charge is -2.38. The van der Waals surface area contributed by atoms with Gasteiger partial charge in [-0.25, -0.2) is 15.0 Å². The van der Waals surface area contributed by atoms with E-state index in [4.69, 9.17) is 9.97 Å². The monoisotopic (exact) mass is 1440 g/mol. The number of nitrogens with zero attached hydrogens (tertiary/aromatic N) is 10. The van der Waals surface area contributed by atoms with Crippen LogP contribution in [-0.2, 0) is 4.79 Å². The molecule has 5 aromatic carbocycles. The SMILES string of the molecule is CC(C)N1CCN(c2ccc3[nH]c(=O)c4ccccc4c3n2)CC1.Cc1cc2[nH]c(=O)c3ccccc3c2cn1.Cc1ncc2c([nH]c(=O)c3ccccc32)c1C.O=C(CN1CCCCC1)Nc1ccc2[nH]c(=O)c3ccccc3c2n1.O=c1[nH]c2ccc(N3CCN(C4CCCC4)CC3)nc2c2ccccc12. The van der Waals surface area contributed by atoms with E-state index in [1.54, 1.807) is 18.2 Å². The summed E-state index contributed by atoms with van der Waals surface area (Å²) >= 11 is 0. The van der Waals surface area contributed by atoms with Crippen LogP contribution in [0.4, 0.5) is 17.5 Å². The second kappa shape index (κ2) is 31.7. The summed E-state index contributed by atoms with van der Waals surface area (Å²) in [7, 11) is 0. The molecule has 1 aliphatic carbocycles. The minimum atomic E-state index is -0.133. The first-order valence-corrected chi connectivity index (χ1v) is 37.6. The Bertz CT molecular complexity index is 6200. The van der Waals surface area contributed by atoms with Crippen molar-refractivity contribution in [3.05, 3.63) is 245 Å². The van der Waals surface area contributed by atoms with Gasteiger partial charge in [0.1, 0.15) is 17.5 Å². The summed E-state index contributed by atoms with van der Waals surface area (Å²) in [6.07, 6.45) is 12.7. The number of aromatic nitrogens is 10. The van der Waals surface area contributed by atoms with Gasteiger partial charge < -0.3 is 40.0 Å². The van der Waals surface area contributed by atoms with Crippen molar-refractivity contribution in [2.45, 2.75) is 91.6 Å². The fraction of sp³-hybridized carbons (Fsp3) is 0.291. The van der Waals surface area contributed by atoms with E-state index in [1.807, 2.05) is 179 Å². The number of fused-ring (bicyclic) bond motifs is 15. The van der Waals surface area contributed by atoms with Crippen molar-refractivity contribution in [3.8, 4) is 0 Å². The first kappa shape index (κ1) is 71.7. The first-order valence-electron chi connectivity index (χ1n) is 37.6. The number of aryl methyl sites for hydroxylation is 3. The number of amides is 1. The Balaban J connectivity index is 0.000000109. The van der Waals surface area contributed by atoms with E-state index in [-0.39, 0.29) is 33.7 Å². The lowest BCUT2D eigenvalue weighted by Crippen LogP contribution is -2.50. The van der Waals surface area contributed by atoms with Gasteiger partial charge in [0.05, 0.1) is 50.7 Å². The number of hydrogen-bond donors (Lipinski definition) is 6. The van der Waals surface area contributed by atoms with Crippen molar-refractivity contribution in [1.29, 1.82) is 0 Å². The van der Waals surface area contributed by atoms with E-state index in [1.165, 1.54) is 32.1 Å². The third kappa shape index (κ3) is 15.3. The number of anilines is 3. The summed E-state index contributed by atoms with van der Waals surface area (Å²) < 4.78 is 0. The van der Waals surface area contributed by atoms with Gasteiger partial charge in [0.25, 0.3) is 27.8 Å². The number of piperazine rings is 2. The third-order valence-corrected chi connectivity index (χ3v) is 21.6. The summed E-state index contributed by atoms with van der Waals surface area (Å²) in [5.41, 5.74) is 9.00. The molecule has 4 aliphatic rings. The van der Waals surface area contributed by atoms with E-state index in [0.29, 0.717) is 56.4 Å². The molecular weight excluding hydrogens is 1350 g/mol. The number of piperidine rings is 1. The van der Waals surface area contributed by atoms with Crippen molar-refractivity contribution in [3.63, 3.8) is 0 Å². The van der Waals surface area contributed by atoms with Crippen LogP contribution in [0.5, 0.6) is 0 Å². The smallest absolute Gasteiger partial charge is 0.256 e. The Morgan fingerprint density at radius 3 is 1.34 bits per heavy atom. The molecule has 3 saturated heterocycles. The highest BCUT2D eigenvalue weighted by Crippen LogP contribution is 2.30. The minimum Gasteiger partial charge on any atom is -0.354 e. The van der Waals surface area contributed by atoms with Crippen LogP contribution in [0.3, 0.4) is 0 Å². The number of aromatic amines is 5. The van der Waals surface area contributed by atoms with Gasteiger partial charge in [-0.15, -0.1) is 0 Å². The normalized spacial score (nSPS) is 15.4. The molecule has 22 nitrogen and oxygen atoms in total. The van der Waals surface area contributed by atoms with Crippen molar-refractivity contribution < 1.29 is 4.79 Å². The summed E-state index contributed by atoms with van der Waals surface area (Å²) in [6.45, 7) is 21.0. The zero-order valence-electron chi connectivity index (χ0n) is 61.5. The Kier molecular flexibility index (Phi) is 21.0. The second-order valence-electron chi connectivity index (χ2n) is 28.8. The summed E-state index contributed by atoms with van der Waals surface area (Å²) in [6, 6.07) is 52.7. The molecule has 108 heavy (non-hydrogen) atoms. The Labute approximate surface area is 621 Å². The van der Waals surface area contributed by atoms with Gasteiger partial charge in [-0.05, 0) is 163 Å². The molecule has 4 fully saturated rings. The van der Waals surface area contributed by atoms with Crippen LogP contribution >= 0.6 is 0 Å². The predicted octanol–water partition coefficient (Wildman–Crippen LogP) is 13.3. The zero-order valence-corrected chi connectivity index (χ0v) is 61.5. The van der Waals surface area contributed by atoms with Gasteiger partial charge in [-0.1, -0.05) is 110 Å². The molecular formula is C86H88N16O6. The third-order valence-electron chi connectivity index (χ3n) is 21.6. The Hall–Kier alpha value is -11.9. The van der Waals surface area contributed by atoms with Gasteiger partial charge in [-0.2, -0.15) is 0 Å². The first-order chi connectivity index (χ1) is 52.6. The summed E-state index contributed by atoms with van der Waals surface area (Å²) in [4.78, 5) is 122. The number of likely N-dealkylation sites (tertiary alicyclic amines) is 1. The molecule has 548 valence electrons. The number of H-pyrrole nitrogens is 5. The van der Waals surface area contributed by atoms with E-state index in [2.05, 4.69) is 83.5 Å². The topological polar surface area (TPSA) is 274 Å². The molecule has 1 amide bonds. The molecule has 15 aromatic rings. The molecule has 0 radical (unpaired) electrons. The fourth-order valence-corrected chi connectivity index (χ4v) is 15.6. The van der Waals surface area contributed by atoms with Gasteiger partial charge in [0, 0.05) is 142 Å². The largest absolute Gasteiger partial charge is 0.354 e. The second-order valence-corrected chi connectivity index (χ2v) is 28.8. The van der Waals surface area contributed by atoms with E-state index >= 15 is 0 Å². The molecule has 1 saturated carbocycles. The number of carbonyl (C=O) groups excluding carboxylic acids is 1. The van der Waals surface area contributed by atoms with Crippen LogP contribution in [0, 0.1) is 20.8 Å². The van der Waals surface area contributed by atoms with Crippen LogP contribution in [-0.4, -0.2) is 155 Å². The fourth-order valence-electron chi connectivity index (χ4n) is 15.6. The van der Waals surface area contributed by atoms with Crippen molar-refractivity contribution in [1.82, 2.24) is 64.5 Å². The van der Waals surface area contributed by atoms with Crippen LogP contribution in [0.1, 0.15) is 75.7 Å². The van der Waals surface area contributed by atoms with Crippen molar-refractivity contribution in [2.75, 3.05) is 87.1 Å². The number of benzene rings is 5. The van der Waals surface area contributed by atoms with Gasteiger partial charge in [0.15, 0.2) is 0 Å². The maximum absolute atomic E-state index is 12.3. The summed E-state index contributed by atoms with van der Waals surface area (Å²) in [5, 5.41) is 12.8. The number of rotatable bonds is 7. The van der Waals surface area contributed by atoms with Gasteiger partial charge >= 0.3 is 0 Å². The molecule has 10 aromatic heterocycles. The van der Waals surface area contributed by atoms with Crippen molar-refractivity contribution in [2.24, 2.45) is 0 Å².